The highest BCUT2D eigenvalue weighted by molar-refractivity contribution is 5.55. The largest absolute Gasteiger partial charge is 0.369 e. The number of rotatable bonds is 4. The van der Waals surface area contributed by atoms with E-state index in [1.165, 1.54) is 16.8 Å². The van der Waals surface area contributed by atoms with E-state index in [0.29, 0.717) is 0 Å². The summed E-state index contributed by atoms with van der Waals surface area (Å²) in [5.74, 6) is 0. The summed E-state index contributed by atoms with van der Waals surface area (Å²) in [6.07, 6.45) is 0. The lowest BCUT2D eigenvalue weighted by Crippen LogP contribution is -2.46. The molecular weight excluding hydrogens is 302 g/mol. The molecule has 24 heavy (non-hydrogen) atoms. The molecule has 1 saturated heterocycles. The minimum Gasteiger partial charge on any atom is -0.369 e. The van der Waals surface area contributed by atoms with E-state index in [1.54, 1.807) is 12.1 Å². The van der Waals surface area contributed by atoms with Crippen molar-refractivity contribution in [3.8, 4) is 0 Å². The number of piperazine rings is 1. The number of anilines is 1. The SMILES string of the molecule is Cc1ccc(C)c(N2CCN(Cc3ccc([N+](=O)[O-])cc3)CC2)c1. The van der Waals surface area contributed by atoms with Crippen molar-refractivity contribution in [1.82, 2.24) is 4.90 Å². The van der Waals surface area contributed by atoms with Crippen molar-refractivity contribution in [2.24, 2.45) is 0 Å². The summed E-state index contributed by atoms with van der Waals surface area (Å²) in [7, 11) is 0. The number of benzene rings is 2. The van der Waals surface area contributed by atoms with Crippen LogP contribution in [0.4, 0.5) is 11.4 Å². The van der Waals surface area contributed by atoms with Gasteiger partial charge in [-0.2, -0.15) is 0 Å². The average Bonchev–Trinajstić information content (AvgIpc) is 2.58. The zero-order valence-corrected chi connectivity index (χ0v) is 14.2. The van der Waals surface area contributed by atoms with E-state index in [0.717, 1.165) is 38.3 Å². The molecule has 5 nitrogen and oxygen atoms in total. The summed E-state index contributed by atoms with van der Waals surface area (Å²) in [6.45, 7) is 9.17. The lowest BCUT2D eigenvalue weighted by atomic mass is 10.1. The molecule has 1 aliphatic rings. The highest BCUT2D eigenvalue weighted by Gasteiger charge is 2.18. The van der Waals surface area contributed by atoms with Crippen molar-refractivity contribution >= 4 is 11.4 Å². The molecule has 1 fully saturated rings. The first-order valence-electron chi connectivity index (χ1n) is 8.31. The van der Waals surface area contributed by atoms with E-state index in [2.05, 4.69) is 41.8 Å². The predicted molar refractivity (Wildman–Crippen MR) is 96.5 cm³/mol. The van der Waals surface area contributed by atoms with E-state index in [-0.39, 0.29) is 10.6 Å². The number of aryl methyl sites for hydroxylation is 2. The van der Waals surface area contributed by atoms with Gasteiger partial charge < -0.3 is 4.90 Å². The third-order valence-corrected chi connectivity index (χ3v) is 4.63. The standard InChI is InChI=1S/C19H23N3O2/c1-15-3-4-16(2)19(13-15)21-11-9-20(10-12-21)14-17-5-7-18(8-6-17)22(23)24/h3-8,13H,9-12,14H2,1-2H3. The van der Waals surface area contributed by atoms with Gasteiger partial charge in [-0.15, -0.1) is 0 Å². The molecule has 0 spiro atoms. The molecule has 0 saturated carbocycles. The number of non-ortho nitro benzene ring substituents is 1. The van der Waals surface area contributed by atoms with Gasteiger partial charge in [0.05, 0.1) is 4.92 Å². The van der Waals surface area contributed by atoms with Gasteiger partial charge in [-0.3, -0.25) is 15.0 Å². The Labute approximate surface area is 142 Å². The number of hydrogen-bond acceptors (Lipinski definition) is 4. The monoisotopic (exact) mass is 325 g/mol. The fraction of sp³-hybridized carbons (Fsp3) is 0.368. The molecule has 2 aromatic rings. The fourth-order valence-electron chi connectivity index (χ4n) is 3.19. The van der Waals surface area contributed by atoms with Crippen LogP contribution in [0.5, 0.6) is 0 Å². The van der Waals surface area contributed by atoms with Crippen LogP contribution in [0.3, 0.4) is 0 Å². The molecule has 1 aliphatic heterocycles. The molecule has 1 heterocycles. The molecule has 0 N–H and O–H groups in total. The Morgan fingerprint density at radius 3 is 2.29 bits per heavy atom. The summed E-state index contributed by atoms with van der Waals surface area (Å²) < 4.78 is 0. The zero-order chi connectivity index (χ0) is 17.1. The highest BCUT2D eigenvalue weighted by Crippen LogP contribution is 2.23. The van der Waals surface area contributed by atoms with Crippen molar-refractivity contribution in [1.29, 1.82) is 0 Å². The van der Waals surface area contributed by atoms with Gasteiger partial charge in [-0.1, -0.05) is 24.3 Å². The second kappa shape index (κ2) is 7.01. The summed E-state index contributed by atoms with van der Waals surface area (Å²) in [6, 6.07) is 13.5. The van der Waals surface area contributed by atoms with Crippen LogP contribution in [0.25, 0.3) is 0 Å². The van der Waals surface area contributed by atoms with Gasteiger partial charge in [0.15, 0.2) is 0 Å². The van der Waals surface area contributed by atoms with Gasteiger partial charge in [-0.05, 0) is 36.6 Å². The first-order valence-corrected chi connectivity index (χ1v) is 8.31. The van der Waals surface area contributed by atoms with E-state index in [9.17, 15) is 10.1 Å². The summed E-state index contributed by atoms with van der Waals surface area (Å²) in [5.41, 5.74) is 5.23. The van der Waals surface area contributed by atoms with Gasteiger partial charge in [-0.25, -0.2) is 0 Å². The topological polar surface area (TPSA) is 49.6 Å². The Hall–Kier alpha value is -2.40. The van der Waals surface area contributed by atoms with Crippen molar-refractivity contribution in [3.63, 3.8) is 0 Å². The normalized spacial score (nSPS) is 15.5. The second-order valence-corrected chi connectivity index (χ2v) is 6.48. The maximum Gasteiger partial charge on any atom is 0.269 e. The van der Waals surface area contributed by atoms with Crippen molar-refractivity contribution in [2.75, 3.05) is 31.1 Å². The molecule has 126 valence electrons. The maximum atomic E-state index is 10.7. The van der Waals surface area contributed by atoms with E-state index in [4.69, 9.17) is 0 Å². The Bertz CT molecular complexity index is 720. The van der Waals surface area contributed by atoms with Crippen LogP contribution in [0.15, 0.2) is 42.5 Å². The van der Waals surface area contributed by atoms with Gasteiger partial charge >= 0.3 is 0 Å². The molecule has 0 radical (unpaired) electrons. The molecule has 5 heteroatoms. The van der Waals surface area contributed by atoms with Crippen LogP contribution in [-0.2, 0) is 6.54 Å². The molecule has 2 aromatic carbocycles. The molecule has 0 aliphatic carbocycles. The number of hydrogen-bond donors (Lipinski definition) is 0. The minimum absolute atomic E-state index is 0.151. The first-order chi connectivity index (χ1) is 11.5. The van der Waals surface area contributed by atoms with Crippen LogP contribution in [0, 0.1) is 24.0 Å². The molecule has 3 rings (SSSR count). The van der Waals surface area contributed by atoms with E-state index < -0.39 is 0 Å². The Kier molecular flexibility index (Phi) is 4.81. The number of nitro benzene ring substituents is 1. The van der Waals surface area contributed by atoms with Crippen molar-refractivity contribution in [2.45, 2.75) is 20.4 Å². The summed E-state index contributed by atoms with van der Waals surface area (Å²) in [4.78, 5) is 15.2. The summed E-state index contributed by atoms with van der Waals surface area (Å²) >= 11 is 0. The van der Waals surface area contributed by atoms with E-state index >= 15 is 0 Å². The van der Waals surface area contributed by atoms with Crippen LogP contribution in [0.2, 0.25) is 0 Å². The van der Waals surface area contributed by atoms with Gasteiger partial charge in [0.2, 0.25) is 0 Å². The van der Waals surface area contributed by atoms with E-state index in [1.807, 2.05) is 12.1 Å². The fourth-order valence-corrected chi connectivity index (χ4v) is 3.19. The molecule has 0 bridgehead atoms. The summed E-state index contributed by atoms with van der Waals surface area (Å²) in [5, 5.41) is 10.7. The molecule has 0 atom stereocenters. The number of nitrogens with zero attached hydrogens (tertiary/aromatic N) is 3. The van der Waals surface area contributed by atoms with Gasteiger partial charge in [0, 0.05) is 50.5 Å². The van der Waals surface area contributed by atoms with Gasteiger partial charge in [0.25, 0.3) is 5.69 Å². The average molecular weight is 325 g/mol. The quantitative estimate of drug-likeness (QED) is 0.637. The molecule has 0 amide bonds. The first kappa shape index (κ1) is 16.5. The molecular formula is C19H23N3O2. The second-order valence-electron chi connectivity index (χ2n) is 6.48. The Morgan fingerprint density at radius 2 is 1.67 bits per heavy atom. The van der Waals surface area contributed by atoms with Crippen LogP contribution in [-0.4, -0.2) is 36.0 Å². The van der Waals surface area contributed by atoms with Crippen LogP contribution in [0.1, 0.15) is 16.7 Å². The maximum absolute atomic E-state index is 10.7. The lowest BCUT2D eigenvalue weighted by molar-refractivity contribution is -0.384. The Morgan fingerprint density at radius 1 is 1.00 bits per heavy atom. The zero-order valence-electron chi connectivity index (χ0n) is 14.2. The molecule has 0 aromatic heterocycles. The highest BCUT2D eigenvalue weighted by atomic mass is 16.6. The van der Waals surface area contributed by atoms with Crippen molar-refractivity contribution < 1.29 is 4.92 Å². The van der Waals surface area contributed by atoms with Crippen LogP contribution >= 0.6 is 0 Å². The minimum atomic E-state index is -0.354. The van der Waals surface area contributed by atoms with Crippen molar-refractivity contribution in [3.05, 3.63) is 69.3 Å². The number of nitro groups is 1. The third kappa shape index (κ3) is 3.74. The lowest BCUT2D eigenvalue weighted by Gasteiger charge is -2.37. The van der Waals surface area contributed by atoms with Crippen LogP contribution < -0.4 is 4.90 Å². The predicted octanol–water partition coefficient (Wildman–Crippen LogP) is 3.53. The molecule has 0 unspecified atom stereocenters. The smallest absolute Gasteiger partial charge is 0.269 e. The van der Waals surface area contributed by atoms with Gasteiger partial charge in [0.1, 0.15) is 0 Å². The Balaban J connectivity index is 1.59. The third-order valence-electron chi connectivity index (χ3n) is 4.63.